The van der Waals surface area contributed by atoms with Gasteiger partial charge in [0, 0.05) is 19.5 Å². The average Bonchev–Trinajstić information content (AvgIpc) is 2.89. The predicted molar refractivity (Wildman–Crippen MR) is 143 cm³/mol. The molecule has 0 radical (unpaired) electrons. The molecule has 3 rings (SSSR count). The van der Waals surface area contributed by atoms with Gasteiger partial charge in [-0.2, -0.15) is 0 Å². The number of unbranched alkanes of at least 4 members (excludes halogenated alkanes) is 1. The number of nitrogens with zero attached hydrogens (tertiary/aromatic N) is 1. The number of aryl methyl sites for hydroxylation is 2. The summed E-state index contributed by atoms with van der Waals surface area (Å²) in [4.78, 5) is 24.7. The number of aromatic carboxylic acids is 1. The molecular weight excluding hydrogens is 450 g/mol. The summed E-state index contributed by atoms with van der Waals surface area (Å²) in [6.45, 7) is 5.17. The van der Waals surface area contributed by atoms with E-state index in [1.807, 2.05) is 18.2 Å². The molecule has 190 valence electrons. The molecule has 0 fully saturated rings. The van der Waals surface area contributed by atoms with E-state index in [0.29, 0.717) is 25.2 Å². The lowest BCUT2D eigenvalue weighted by Gasteiger charge is -2.22. The number of carbonyl (C=O) groups is 2. The summed E-state index contributed by atoms with van der Waals surface area (Å²) in [6.07, 6.45) is 4.49. The Hall–Kier alpha value is -3.28. The number of hydrogen-bond acceptors (Lipinski definition) is 4. The second-order valence-corrected chi connectivity index (χ2v) is 9.29. The summed E-state index contributed by atoms with van der Waals surface area (Å²) in [5.74, 6) is -0.694. The van der Waals surface area contributed by atoms with Gasteiger partial charge in [0.05, 0.1) is 18.8 Å². The Labute approximate surface area is 214 Å². The molecule has 0 amide bonds. The molecule has 0 saturated carbocycles. The van der Waals surface area contributed by atoms with Gasteiger partial charge < -0.3 is 14.6 Å². The van der Waals surface area contributed by atoms with Gasteiger partial charge in [0.2, 0.25) is 0 Å². The molecular formula is C31H37NO4. The highest BCUT2D eigenvalue weighted by Gasteiger charge is 2.09. The van der Waals surface area contributed by atoms with Crippen molar-refractivity contribution in [2.45, 2.75) is 52.2 Å². The Kier molecular flexibility index (Phi) is 11.4. The first-order chi connectivity index (χ1) is 17.5. The van der Waals surface area contributed by atoms with Crippen molar-refractivity contribution < 1.29 is 19.4 Å². The second-order valence-electron chi connectivity index (χ2n) is 9.29. The summed E-state index contributed by atoms with van der Waals surface area (Å²) in [7, 11) is 0. The second kappa shape index (κ2) is 15.0. The first-order valence-electron chi connectivity index (χ1n) is 12.7. The normalized spacial score (nSPS) is 11.1. The van der Waals surface area contributed by atoms with Gasteiger partial charge in [-0.3, -0.25) is 4.90 Å². The fourth-order valence-corrected chi connectivity index (χ4v) is 4.11. The van der Waals surface area contributed by atoms with Crippen LogP contribution in [0.3, 0.4) is 0 Å². The number of hydrogen-bond donors (Lipinski definition) is 1. The smallest absolute Gasteiger partial charge is 0.335 e. The molecule has 36 heavy (non-hydrogen) atoms. The zero-order valence-electron chi connectivity index (χ0n) is 21.2. The lowest BCUT2D eigenvalue weighted by atomic mass is 10.0. The van der Waals surface area contributed by atoms with Crippen molar-refractivity contribution in [3.63, 3.8) is 0 Å². The number of benzene rings is 3. The molecule has 3 aromatic carbocycles. The molecule has 5 heteroatoms. The minimum absolute atomic E-state index is 0.222. The highest BCUT2D eigenvalue weighted by atomic mass is 16.5. The quantitative estimate of drug-likeness (QED) is 0.253. The zero-order chi connectivity index (χ0) is 25.6. The number of ether oxygens (including phenoxy) is 1. The maximum Gasteiger partial charge on any atom is 0.335 e. The van der Waals surface area contributed by atoms with Gasteiger partial charge in [-0.05, 0) is 73.5 Å². The van der Waals surface area contributed by atoms with Gasteiger partial charge in [0.15, 0.2) is 0 Å². The fraction of sp³-hybridized carbons (Fsp3) is 0.355. The van der Waals surface area contributed by atoms with Crippen LogP contribution in [0.5, 0.6) is 0 Å². The van der Waals surface area contributed by atoms with E-state index in [9.17, 15) is 9.59 Å². The van der Waals surface area contributed by atoms with Crippen LogP contribution < -0.4 is 0 Å². The van der Waals surface area contributed by atoms with E-state index in [0.717, 1.165) is 56.4 Å². The van der Waals surface area contributed by atoms with E-state index in [-0.39, 0.29) is 5.78 Å². The van der Waals surface area contributed by atoms with Crippen LogP contribution in [0.2, 0.25) is 0 Å². The molecule has 0 aliphatic heterocycles. The van der Waals surface area contributed by atoms with Crippen LogP contribution in [0.15, 0.2) is 78.9 Å². The van der Waals surface area contributed by atoms with Gasteiger partial charge in [-0.15, -0.1) is 0 Å². The predicted octanol–water partition coefficient (Wildman–Crippen LogP) is 5.95. The summed E-state index contributed by atoms with van der Waals surface area (Å²) in [5.41, 5.74) is 5.21. The number of ketones is 1. The van der Waals surface area contributed by atoms with Crippen molar-refractivity contribution in [3.05, 3.63) is 107 Å². The van der Waals surface area contributed by atoms with Crippen molar-refractivity contribution in [1.29, 1.82) is 0 Å². The van der Waals surface area contributed by atoms with Crippen molar-refractivity contribution in [2.24, 2.45) is 0 Å². The molecule has 0 aliphatic rings. The first kappa shape index (κ1) is 27.3. The summed E-state index contributed by atoms with van der Waals surface area (Å²) in [5, 5.41) is 9.12. The maximum atomic E-state index is 11.3. The number of carbonyl (C=O) groups excluding carboxylic acids is 1. The highest BCUT2D eigenvalue weighted by Crippen LogP contribution is 2.12. The van der Waals surface area contributed by atoms with Crippen LogP contribution in [-0.2, 0) is 35.5 Å². The van der Waals surface area contributed by atoms with Crippen molar-refractivity contribution in [1.82, 2.24) is 4.90 Å². The van der Waals surface area contributed by atoms with Crippen LogP contribution >= 0.6 is 0 Å². The lowest BCUT2D eigenvalue weighted by molar-refractivity contribution is -0.117. The van der Waals surface area contributed by atoms with Crippen LogP contribution in [0.25, 0.3) is 0 Å². The van der Waals surface area contributed by atoms with Gasteiger partial charge in [-0.1, -0.05) is 66.7 Å². The third-order valence-corrected chi connectivity index (χ3v) is 6.25. The van der Waals surface area contributed by atoms with E-state index < -0.39 is 5.97 Å². The van der Waals surface area contributed by atoms with Crippen LogP contribution in [0, 0.1) is 0 Å². The number of carboxylic acid groups (broad SMARTS) is 1. The third kappa shape index (κ3) is 10.1. The highest BCUT2D eigenvalue weighted by molar-refractivity contribution is 5.87. The Morgan fingerprint density at radius 3 is 2.00 bits per heavy atom. The molecule has 0 aromatic heterocycles. The van der Waals surface area contributed by atoms with E-state index >= 15 is 0 Å². The van der Waals surface area contributed by atoms with Crippen LogP contribution in [0.1, 0.15) is 58.8 Å². The Morgan fingerprint density at radius 2 is 1.36 bits per heavy atom. The zero-order valence-corrected chi connectivity index (χ0v) is 21.2. The van der Waals surface area contributed by atoms with Gasteiger partial charge >= 0.3 is 5.97 Å². The number of Topliss-reactive ketones (excluding diaryl/α,β-unsaturated/α-hetero) is 1. The topological polar surface area (TPSA) is 66.8 Å². The molecule has 0 spiro atoms. The van der Waals surface area contributed by atoms with Crippen LogP contribution in [0.4, 0.5) is 0 Å². The van der Waals surface area contributed by atoms with Gasteiger partial charge in [-0.25, -0.2) is 4.79 Å². The minimum Gasteiger partial charge on any atom is -0.478 e. The van der Waals surface area contributed by atoms with E-state index in [1.54, 1.807) is 19.1 Å². The summed E-state index contributed by atoms with van der Waals surface area (Å²) < 4.78 is 5.98. The summed E-state index contributed by atoms with van der Waals surface area (Å²) in [6, 6.07) is 26.2. The molecule has 3 aromatic rings. The number of carboxylic acids is 1. The molecule has 0 saturated heterocycles. The van der Waals surface area contributed by atoms with Crippen molar-refractivity contribution >= 4 is 11.8 Å². The molecule has 1 N–H and O–H groups in total. The van der Waals surface area contributed by atoms with E-state index in [1.165, 1.54) is 11.1 Å². The monoisotopic (exact) mass is 487 g/mol. The largest absolute Gasteiger partial charge is 0.478 e. The molecule has 0 heterocycles. The fourth-order valence-electron chi connectivity index (χ4n) is 4.11. The maximum absolute atomic E-state index is 11.3. The van der Waals surface area contributed by atoms with Crippen LogP contribution in [-0.4, -0.2) is 41.5 Å². The minimum atomic E-state index is -0.916. The third-order valence-electron chi connectivity index (χ3n) is 6.25. The summed E-state index contributed by atoms with van der Waals surface area (Å²) >= 11 is 0. The van der Waals surface area contributed by atoms with E-state index in [2.05, 4.69) is 53.4 Å². The average molecular weight is 488 g/mol. The molecule has 0 unspecified atom stereocenters. The van der Waals surface area contributed by atoms with Gasteiger partial charge in [0.25, 0.3) is 0 Å². The molecule has 5 nitrogen and oxygen atoms in total. The van der Waals surface area contributed by atoms with E-state index in [4.69, 9.17) is 9.84 Å². The number of rotatable bonds is 16. The standard InChI is InChI=1S/C31H37NO4/c1-25(33)7-5-6-20-32(23-28-16-18-30(19-17-28)31(34)35)21-22-36-24-29-14-12-27(13-15-29)11-10-26-8-3-2-4-9-26/h2-4,8-9,12-19H,5-7,10-11,20-24H2,1H3,(H,34,35). The van der Waals surface area contributed by atoms with Gasteiger partial charge in [0.1, 0.15) is 5.78 Å². The molecule has 0 atom stereocenters. The molecule has 0 aliphatic carbocycles. The Bertz CT molecular complexity index is 1060. The Balaban J connectivity index is 1.44. The Morgan fingerprint density at radius 1 is 0.750 bits per heavy atom. The van der Waals surface area contributed by atoms with Crippen molar-refractivity contribution in [3.8, 4) is 0 Å². The lowest BCUT2D eigenvalue weighted by Crippen LogP contribution is -2.28. The van der Waals surface area contributed by atoms with Crippen molar-refractivity contribution in [2.75, 3.05) is 19.7 Å². The SMILES string of the molecule is CC(=O)CCCCN(CCOCc1ccc(CCc2ccccc2)cc1)Cc1ccc(C(=O)O)cc1. The first-order valence-corrected chi connectivity index (χ1v) is 12.7. The molecule has 0 bridgehead atoms.